The van der Waals surface area contributed by atoms with E-state index in [0.29, 0.717) is 29.3 Å². The molecule has 2 aromatic rings. The van der Waals surface area contributed by atoms with E-state index in [0.717, 1.165) is 0 Å². The molecule has 6 heteroatoms. The topological polar surface area (TPSA) is 67.4 Å². The number of benzene rings is 2. The molecule has 1 atom stereocenters. The average molecular weight is 328 g/mol. The number of ether oxygens (including phenoxy) is 1. The van der Waals surface area contributed by atoms with E-state index in [1.807, 2.05) is 6.92 Å². The van der Waals surface area contributed by atoms with Crippen molar-refractivity contribution >= 4 is 23.2 Å². The van der Waals surface area contributed by atoms with Gasteiger partial charge in [-0.2, -0.15) is 0 Å². The highest BCUT2D eigenvalue weighted by Gasteiger charge is 2.30. The van der Waals surface area contributed by atoms with Gasteiger partial charge in [0.25, 0.3) is 0 Å². The first-order valence-corrected chi connectivity index (χ1v) is 7.70. The minimum Gasteiger partial charge on any atom is -0.494 e. The lowest BCUT2D eigenvalue weighted by Gasteiger charge is -2.25. The lowest BCUT2D eigenvalue weighted by Crippen LogP contribution is -2.30. The van der Waals surface area contributed by atoms with E-state index in [9.17, 15) is 14.0 Å². The van der Waals surface area contributed by atoms with E-state index in [-0.39, 0.29) is 18.2 Å². The monoisotopic (exact) mass is 328 g/mol. The summed E-state index contributed by atoms with van der Waals surface area (Å²) >= 11 is 0. The second-order valence-corrected chi connectivity index (χ2v) is 5.48. The third-order valence-electron chi connectivity index (χ3n) is 3.80. The molecule has 0 aromatic heterocycles. The molecule has 5 nitrogen and oxygen atoms in total. The number of carbonyl (C=O) groups is 2. The Morgan fingerprint density at radius 3 is 2.75 bits per heavy atom. The van der Waals surface area contributed by atoms with Gasteiger partial charge in [-0.3, -0.25) is 9.59 Å². The first-order valence-electron chi connectivity index (χ1n) is 7.70. The Morgan fingerprint density at radius 2 is 2.04 bits per heavy atom. The second kappa shape index (κ2) is 6.70. The van der Waals surface area contributed by atoms with Gasteiger partial charge in [0.1, 0.15) is 11.6 Å². The van der Waals surface area contributed by atoms with Gasteiger partial charge in [0.05, 0.1) is 12.5 Å². The second-order valence-electron chi connectivity index (χ2n) is 5.48. The first-order chi connectivity index (χ1) is 11.6. The predicted molar refractivity (Wildman–Crippen MR) is 88.6 cm³/mol. The summed E-state index contributed by atoms with van der Waals surface area (Å²) in [5.41, 5.74) is 1.57. The molecule has 0 fully saturated rings. The van der Waals surface area contributed by atoms with Crippen molar-refractivity contribution in [3.63, 3.8) is 0 Å². The number of halogens is 1. The molecule has 0 bridgehead atoms. The van der Waals surface area contributed by atoms with Gasteiger partial charge in [-0.1, -0.05) is 6.07 Å². The highest BCUT2D eigenvalue weighted by atomic mass is 19.1. The van der Waals surface area contributed by atoms with E-state index in [2.05, 4.69) is 10.6 Å². The molecule has 3 rings (SSSR count). The molecule has 2 amide bonds. The van der Waals surface area contributed by atoms with Crippen LogP contribution >= 0.6 is 0 Å². The zero-order valence-corrected chi connectivity index (χ0v) is 13.1. The highest BCUT2D eigenvalue weighted by Crippen LogP contribution is 2.33. The molecular formula is C18H17FN2O3. The minimum atomic E-state index is -0.652. The molecule has 0 saturated carbocycles. The van der Waals surface area contributed by atoms with Crippen LogP contribution in [0.2, 0.25) is 0 Å². The maximum absolute atomic E-state index is 13.3. The van der Waals surface area contributed by atoms with Crippen LogP contribution in [0.1, 0.15) is 24.8 Å². The number of anilines is 2. The van der Waals surface area contributed by atoms with Crippen LogP contribution in [0.5, 0.6) is 5.75 Å². The van der Waals surface area contributed by atoms with Crippen molar-refractivity contribution in [3.05, 3.63) is 53.8 Å². The summed E-state index contributed by atoms with van der Waals surface area (Å²) in [6.45, 7) is 2.46. The average Bonchev–Trinajstić information content (AvgIpc) is 2.55. The van der Waals surface area contributed by atoms with E-state index in [1.165, 1.54) is 18.2 Å². The Bertz CT molecular complexity index is 774. The fraction of sp³-hybridized carbons (Fsp3) is 0.222. The van der Waals surface area contributed by atoms with Gasteiger partial charge >= 0.3 is 0 Å². The van der Waals surface area contributed by atoms with Crippen molar-refractivity contribution in [1.82, 2.24) is 0 Å². The van der Waals surface area contributed by atoms with E-state index in [1.54, 1.807) is 24.3 Å². The van der Waals surface area contributed by atoms with E-state index < -0.39 is 11.7 Å². The molecule has 0 spiro atoms. The Labute approximate surface area is 138 Å². The molecule has 0 saturated heterocycles. The number of hydrogen-bond donors (Lipinski definition) is 2. The van der Waals surface area contributed by atoms with Gasteiger partial charge in [-0.05, 0) is 48.9 Å². The number of hydrogen-bond acceptors (Lipinski definition) is 3. The molecule has 24 heavy (non-hydrogen) atoms. The summed E-state index contributed by atoms with van der Waals surface area (Å²) in [5, 5.41) is 5.38. The van der Waals surface area contributed by atoms with Crippen LogP contribution in [0.3, 0.4) is 0 Å². The number of fused-ring (bicyclic) bond motifs is 1. The number of carbonyl (C=O) groups excluding carboxylic acids is 2. The Morgan fingerprint density at radius 1 is 1.29 bits per heavy atom. The summed E-state index contributed by atoms with van der Waals surface area (Å²) < 4.78 is 18.7. The predicted octanol–water partition coefficient (Wildman–Crippen LogP) is 3.29. The quantitative estimate of drug-likeness (QED) is 0.905. The summed E-state index contributed by atoms with van der Waals surface area (Å²) in [7, 11) is 0. The number of nitrogens with one attached hydrogen (secondary N) is 2. The van der Waals surface area contributed by atoms with Gasteiger partial charge in [-0.25, -0.2) is 4.39 Å². The summed E-state index contributed by atoms with van der Waals surface area (Å²) in [6.07, 6.45) is 0.0293. The van der Waals surface area contributed by atoms with Crippen LogP contribution in [0, 0.1) is 5.82 Å². The molecule has 1 heterocycles. The zero-order valence-electron chi connectivity index (χ0n) is 13.1. The molecule has 1 aliphatic rings. The summed E-state index contributed by atoms with van der Waals surface area (Å²) in [5.74, 6) is -1.00. The minimum absolute atomic E-state index is 0.0293. The molecule has 124 valence electrons. The summed E-state index contributed by atoms with van der Waals surface area (Å²) in [6, 6.07) is 11.0. The fourth-order valence-electron chi connectivity index (χ4n) is 2.70. The summed E-state index contributed by atoms with van der Waals surface area (Å²) in [4.78, 5) is 24.3. The van der Waals surface area contributed by atoms with Crippen molar-refractivity contribution in [2.24, 2.45) is 0 Å². The van der Waals surface area contributed by atoms with Crippen LogP contribution in [0.4, 0.5) is 15.8 Å². The van der Waals surface area contributed by atoms with Crippen molar-refractivity contribution in [2.75, 3.05) is 17.2 Å². The van der Waals surface area contributed by atoms with Crippen LogP contribution in [-0.4, -0.2) is 18.4 Å². The van der Waals surface area contributed by atoms with Crippen LogP contribution in [0.25, 0.3) is 0 Å². The maximum atomic E-state index is 13.3. The molecule has 0 radical (unpaired) electrons. The van der Waals surface area contributed by atoms with Crippen molar-refractivity contribution in [3.8, 4) is 5.75 Å². The van der Waals surface area contributed by atoms with Crippen molar-refractivity contribution in [2.45, 2.75) is 19.3 Å². The van der Waals surface area contributed by atoms with Crippen molar-refractivity contribution < 1.29 is 18.7 Å². The van der Waals surface area contributed by atoms with Crippen LogP contribution < -0.4 is 15.4 Å². The fourth-order valence-corrected chi connectivity index (χ4v) is 2.70. The van der Waals surface area contributed by atoms with Crippen LogP contribution in [-0.2, 0) is 9.59 Å². The number of amides is 2. The maximum Gasteiger partial charge on any atom is 0.232 e. The van der Waals surface area contributed by atoms with Crippen LogP contribution in [0.15, 0.2) is 42.5 Å². The standard InChI is InChI=1S/C18H17FN2O3/c1-2-24-13-6-4-12(5-7-13)20-18(23)15-10-17(22)21-16-9-11(19)3-8-14(15)16/h3-9,15H,2,10H2,1H3,(H,20,23)(H,21,22)/t15-/m1/s1. The third-order valence-corrected chi connectivity index (χ3v) is 3.80. The Hall–Kier alpha value is -2.89. The molecule has 0 unspecified atom stereocenters. The largest absolute Gasteiger partial charge is 0.494 e. The van der Waals surface area contributed by atoms with Gasteiger partial charge < -0.3 is 15.4 Å². The normalized spacial score (nSPS) is 16.1. The van der Waals surface area contributed by atoms with Gasteiger partial charge in [-0.15, -0.1) is 0 Å². The van der Waals surface area contributed by atoms with Gasteiger partial charge in [0.2, 0.25) is 11.8 Å². The molecule has 2 aromatic carbocycles. The molecular weight excluding hydrogens is 311 g/mol. The first kappa shape index (κ1) is 16.0. The van der Waals surface area contributed by atoms with Gasteiger partial charge in [0, 0.05) is 17.8 Å². The smallest absolute Gasteiger partial charge is 0.232 e. The Kier molecular flexibility index (Phi) is 4.46. The lowest BCUT2D eigenvalue weighted by atomic mass is 9.89. The Balaban J connectivity index is 1.79. The molecule has 2 N–H and O–H groups in total. The zero-order chi connectivity index (χ0) is 17.1. The SMILES string of the molecule is CCOc1ccc(NC(=O)[C@@H]2CC(=O)Nc3cc(F)ccc32)cc1. The van der Waals surface area contributed by atoms with E-state index >= 15 is 0 Å². The molecule has 0 aliphatic carbocycles. The molecule has 1 aliphatic heterocycles. The lowest BCUT2D eigenvalue weighted by molar-refractivity contribution is -0.123. The van der Waals surface area contributed by atoms with Crippen molar-refractivity contribution in [1.29, 1.82) is 0 Å². The number of rotatable bonds is 4. The van der Waals surface area contributed by atoms with Gasteiger partial charge in [0.15, 0.2) is 0 Å². The highest BCUT2D eigenvalue weighted by molar-refractivity contribution is 6.05. The van der Waals surface area contributed by atoms with E-state index in [4.69, 9.17) is 4.74 Å². The third kappa shape index (κ3) is 3.37.